The zero-order valence-electron chi connectivity index (χ0n) is 9.10. The maximum atomic E-state index is 11.3. The summed E-state index contributed by atoms with van der Waals surface area (Å²) in [5, 5.41) is 6.83. The molecule has 6 heteroatoms. The highest BCUT2D eigenvalue weighted by molar-refractivity contribution is 5.81. The van der Waals surface area contributed by atoms with E-state index < -0.39 is 6.04 Å². The first-order valence-corrected chi connectivity index (χ1v) is 5.01. The number of carbonyl (C=O) groups is 1. The number of nitrogens with zero attached hydrogens (tertiary/aromatic N) is 3. The van der Waals surface area contributed by atoms with Crippen LogP contribution in [0.2, 0.25) is 0 Å². The molecule has 1 heterocycles. The minimum atomic E-state index is -0.415. The lowest BCUT2D eigenvalue weighted by Gasteiger charge is -2.08. The summed E-state index contributed by atoms with van der Waals surface area (Å²) in [4.78, 5) is 15.3. The Hall–Kier alpha value is -1.43. The van der Waals surface area contributed by atoms with E-state index in [4.69, 9.17) is 5.73 Å². The molecule has 0 aliphatic rings. The van der Waals surface area contributed by atoms with Gasteiger partial charge in [0, 0.05) is 20.0 Å². The summed E-state index contributed by atoms with van der Waals surface area (Å²) in [6, 6.07) is -0.415. The van der Waals surface area contributed by atoms with Gasteiger partial charge in [-0.15, -0.1) is 0 Å². The van der Waals surface area contributed by atoms with Gasteiger partial charge in [-0.25, -0.2) is 4.98 Å². The summed E-state index contributed by atoms with van der Waals surface area (Å²) in [7, 11) is 1.81. The van der Waals surface area contributed by atoms with Crippen molar-refractivity contribution in [2.75, 3.05) is 6.54 Å². The summed E-state index contributed by atoms with van der Waals surface area (Å²) in [5.41, 5.74) is 5.55. The molecule has 0 aliphatic carbocycles. The minimum absolute atomic E-state index is 0.117. The molecule has 0 aliphatic heterocycles. The van der Waals surface area contributed by atoms with Crippen LogP contribution in [0.5, 0.6) is 0 Å². The van der Waals surface area contributed by atoms with Gasteiger partial charge in [-0.2, -0.15) is 5.10 Å². The van der Waals surface area contributed by atoms with Crippen LogP contribution in [0.1, 0.15) is 19.2 Å². The van der Waals surface area contributed by atoms with Gasteiger partial charge in [-0.3, -0.25) is 9.48 Å². The Morgan fingerprint density at radius 1 is 1.73 bits per heavy atom. The van der Waals surface area contributed by atoms with Crippen LogP contribution in [-0.4, -0.2) is 33.3 Å². The Labute approximate surface area is 88.9 Å². The predicted octanol–water partition coefficient (Wildman–Crippen LogP) is -0.789. The molecule has 1 rings (SSSR count). The molecule has 0 aromatic carbocycles. The van der Waals surface area contributed by atoms with E-state index in [1.807, 2.05) is 14.0 Å². The Balaban J connectivity index is 2.24. The fourth-order valence-electron chi connectivity index (χ4n) is 1.11. The molecule has 0 saturated heterocycles. The molecule has 0 fully saturated rings. The second kappa shape index (κ2) is 5.45. The van der Waals surface area contributed by atoms with Crippen molar-refractivity contribution in [1.29, 1.82) is 0 Å². The number of aromatic nitrogens is 3. The van der Waals surface area contributed by atoms with Crippen LogP contribution in [0.4, 0.5) is 0 Å². The van der Waals surface area contributed by atoms with E-state index in [0.717, 1.165) is 5.82 Å². The summed E-state index contributed by atoms with van der Waals surface area (Å²) in [6.45, 7) is 2.40. The maximum absolute atomic E-state index is 11.3. The zero-order chi connectivity index (χ0) is 11.3. The Kier molecular flexibility index (Phi) is 4.23. The van der Waals surface area contributed by atoms with Crippen molar-refractivity contribution in [3.05, 3.63) is 12.2 Å². The van der Waals surface area contributed by atoms with Crippen LogP contribution in [0.15, 0.2) is 6.33 Å². The van der Waals surface area contributed by atoms with E-state index in [1.54, 1.807) is 11.0 Å². The largest absolute Gasteiger partial charge is 0.354 e. The van der Waals surface area contributed by atoms with Crippen molar-refractivity contribution in [3.8, 4) is 0 Å². The maximum Gasteiger partial charge on any atom is 0.236 e. The Bertz CT molecular complexity index is 322. The monoisotopic (exact) mass is 211 g/mol. The molecule has 0 radical (unpaired) electrons. The molecule has 15 heavy (non-hydrogen) atoms. The molecule has 6 nitrogen and oxygen atoms in total. The molecule has 1 aromatic rings. The standard InChI is InChI=1S/C9H17N5O/c1-3-7(10)9(15)11-5-4-8-12-6-14(2)13-8/h6-7H,3-5,10H2,1-2H3,(H,11,15). The molecule has 0 saturated carbocycles. The molecule has 84 valence electrons. The Morgan fingerprint density at radius 2 is 2.47 bits per heavy atom. The molecule has 1 atom stereocenters. The fraction of sp³-hybridized carbons (Fsp3) is 0.667. The van der Waals surface area contributed by atoms with Crippen LogP contribution in [0, 0.1) is 0 Å². The summed E-state index contributed by atoms with van der Waals surface area (Å²) in [5.74, 6) is 0.608. The van der Waals surface area contributed by atoms with Gasteiger partial charge in [0.05, 0.1) is 6.04 Å². The highest BCUT2D eigenvalue weighted by Gasteiger charge is 2.09. The van der Waals surface area contributed by atoms with Crippen molar-refractivity contribution in [2.45, 2.75) is 25.8 Å². The third kappa shape index (κ3) is 3.67. The number of rotatable bonds is 5. The lowest BCUT2D eigenvalue weighted by molar-refractivity contribution is -0.122. The number of nitrogens with two attached hydrogens (primary N) is 1. The molecule has 3 N–H and O–H groups in total. The molecule has 1 amide bonds. The first-order valence-electron chi connectivity index (χ1n) is 5.01. The van der Waals surface area contributed by atoms with Gasteiger partial charge in [-0.1, -0.05) is 6.92 Å². The smallest absolute Gasteiger partial charge is 0.236 e. The van der Waals surface area contributed by atoms with Crippen molar-refractivity contribution < 1.29 is 4.79 Å². The second-order valence-electron chi connectivity index (χ2n) is 3.39. The van der Waals surface area contributed by atoms with Gasteiger partial charge in [0.25, 0.3) is 0 Å². The van der Waals surface area contributed by atoms with Crippen molar-refractivity contribution in [1.82, 2.24) is 20.1 Å². The topological polar surface area (TPSA) is 85.8 Å². The SMILES string of the molecule is CCC(N)C(=O)NCCc1ncn(C)n1. The first-order chi connectivity index (χ1) is 7.13. The van der Waals surface area contributed by atoms with Crippen LogP contribution in [0.25, 0.3) is 0 Å². The molecule has 1 unspecified atom stereocenters. The molecular weight excluding hydrogens is 194 g/mol. The second-order valence-corrected chi connectivity index (χ2v) is 3.39. The van der Waals surface area contributed by atoms with E-state index in [2.05, 4.69) is 15.4 Å². The third-order valence-corrected chi connectivity index (χ3v) is 2.07. The minimum Gasteiger partial charge on any atom is -0.354 e. The van der Waals surface area contributed by atoms with Crippen LogP contribution in [0.3, 0.4) is 0 Å². The number of hydrogen-bond acceptors (Lipinski definition) is 4. The van der Waals surface area contributed by atoms with Crippen molar-refractivity contribution in [2.24, 2.45) is 12.8 Å². The quantitative estimate of drug-likeness (QED) is 0.668. The summed E-state index contributed by atoms with van der Waals surface area (Å²) in [6.07, 6.45) is 2.91. The number of hydrogen-bond donors (Lipinski definition) is 2. The zero-order valence-corrected chi connectivity index (χ0v) is 9.10. The van der Waals surface area contributed by atoms with Gasteiger partial charge in [0.15, 0.2) is 5.82 Å². The van der Waals surface area contributed by atoms with Gasteiger partial charge in [0.1, 0.15) is 6.33 Å². The lowest BCUT2D eigenvalue weighted by atomic mass is 10.2. The summed E-state index contributed by atoms with van der Waals surface area (Å²) < 4.78 is 1.63. The van der Waals surface area contributed by atoms with Crippen molar-refractivity contribution >= 4 is 5.91 Å². The highest BCUT2D eigenvalue weighted by atomic mass is 16.2. The van der Waals surface area contributed by atoms with Gasteiger partial charge < -0.3 is 11.1 Å². The number of aryl methyl sites for hydroxylation is 1. The van der Waals surface area contributed by atoms with Crippen LogP contribution in [-0.2, 0) is 18.3 Å². The number of nitrogens with one attached hydrogen (secondary N) is 1. The van der Waals surface area contributed by atoms with Gasteiger partial charge in [-0.05, 0) is 6.42 Å². The molecular formula is C9H17N5O. The fourth-order valence-corrected chi connectivity index (χ4v) is 1.11. The number of carbonyl (C=O) groups excluding carboxylic acids is 1. The normalized spacial score (nSPS) is 12.5. The summed E-state index contributed by atoms with van der Waals surface area (Å²) >= 11 is 0. The van der Waals surface area contributed by atoms with Crippen LogP contribution < -0.4 is 11.1 Å². The lowest BCUT2D eigenvalue weighted by Crippen LogP contribution is -2.40. The molecule has 1 aromatic heterocycles. The number of amides is 1. The molecule has 0 bridgehead atoms. The first kappa shape index (κ1) is 11.6. The Morgan fingerprint density at radius 3 is 3.00 bits per heavy atom. The van der Waals surface area contributed by atoms with Crippen LogP contribution >= 0.6 is 0 Å². The van der Waals surface area contributed by atoms with E-state index in [0.29, 0.717) is 19.4 Å². The highest BCUT2D eigenvalue weighted by Crippen LogP contribution is 1.89. The molecule has 0 spiro atoms. The van der Waals surface area contributed by atoms with E-state index in [1.165, 1.54) is 0 Å². The van der Waals surface area contributed by atoms with E-state index >= 15 is 0 Å². The van der Waals surface area contributed by atoms with Gasteiger partial charge >= 0.3 is 0 Å². The van der Waals surface area contributed by atoms with E-state index in [-0.39, 0.29) is 5.91 Å². The average molecular weight is 211 g/mol. The average Bonchev–Trinajstić information content (AvgIpc) is 2.63. The van der Waals surface area contributed by atoms with Gasteiger partial charge in [0.2, 0.25) is 5.91 Å². The predicted molar refractivity (Wildman–Crippen MR) is 56.0 cm³/mol. The van der Waals surface area contributed by atoms with E-state index in [9.17, 15) is 4.79 Å². The van der Waals surface area contributed by atoms with Crippen molar-refractivity contribution in [3.63, 3.8) is 0 Å². The third-order valence-electron chi connectivity index (χ3n) is 2.07.